The molecule has 0 radical (unpaired) electrons. The number of hydrogen-bond acceptors (Lipinski definition) is 4. The molecule has 0 unspecified atom stereocenters. The summed E-state index contributed by atoms with van der Waals surface area (Å²) in [7, 11) is 0. The second kappa shape index (κ2) is 5.16. The summed E-state index contributed by atoms with van der Waals surface area (Å²) < 4.78 is 0. The zero-order valence-electron chi connectivity index (χ0n) is 11.7. The maximum atomic E-state index is 4.67. The minimum Gasteiger partial charge on any atom is -0.367 e. The predicted octanol–water partition coefficient (Wildman–Crippen LogP) is 3.37. The molecule has 0 aromatic carbocycles. The topological polar surface area (TPSA) is 66.5 Å². The van der Waals surface area contributed by atoms with Crippen LogP contribution >= 0.6 is 0 Å². The van der Waals surface area contributed by atoms with Crippen molar-refractivity contribution in [3.63, 3.8) is 0 Å². The second-order valence-electron chi connectivity index (χ2n) is 5.51. The zero-order valence-corrected chi connectivity index (χ0v) is 11.7. The van der Waals surface area contributed by atoms with E-state index in [0.29, 0.717) is 6.04 Å². The lowest BCUT2D eigenvalue weighted by Crippen LogP contribution is -2.15. The molecule has 0 aliphatic heterocycles. The Labute approximate surface area is 122 Å². The Balaban J connectivity index is 1.79. The lowest BCUT2D eigenvalue weighted by Gasteiger charge is -2.14. The van der Waals surface area contributed by atoms with E-state index in [1.165, 1.54) is 25.7 Å². The fraction of sp³-hybridized carbons (Fsp3) is 0.312. The number of rotatable bonds is 3. The lowest BCUT2D eigenvalue weighted by molar-refractivity contribution is 0.751. The van der Waals surface area contributed by atoms with Gasteiger partial charge in [-0.2, -0.15) is 0 Å². The van der Waals surface area contributed by atoms with Crippen LogP contribution in [0.3, 0.4) is 0 Å². The first-order valence-corrected chi connectivity index (χ1v) is 7.41. The van der Waals surface area contributed by atoms with Crippen molar-refractivity contribution in [3.05, 3.63) is 36.9 Å². The van der Waals surface area contributed by atoms with E-state index in [-0.39, 0.29) is 0 Å². The Hall–Kier alpha value is -2.43. The smallest absolute Gasteiger partial charge is 0.140 e. The number of anilines is 1. The summed E-state index contributed by atoms with van der Waals surface area (Å²) in [5, 5.41) is 4.63. The van der Waals surface area contributed by atoms with Gasteiger partial charge in [-0.1, -0.05) is 12.8 Å². The van der Waals surface area contributed by atoms with Gasteiger partial charge in [0.1, 0.15) is 11.5 Å². The molecule has 2 N–H and O–H groups in total. The van der Waals surface area contributed by atoms with E-state index in [1.54, 1.807) is 18.6 Å². The number of fused-ring (bicyclic) bond motifs is 1. The van der Waals surface area contributed by atoms with E-state index >= 15 is 0 Å². The molecule has 1 saturated carbocycles. The molecule has 1 aliphatic carbocycles. The predicted molar refractivity (Wildman–Crippen MR) is 83.0 cm³/mol. The largest absolute Gasteiger partial charge is 0.367 e. The van der Waals surface area contributed by atoms with Crippen molar-refractivity contribution in [3.8, 4) is 11.3 Å². The molecule has 1 fully saturated rings. The summed E-state index contributed by atoms with van der Waals surface area (Å²) in [4.78, 5) is 16.5. The van der Waals surface area contributed by atoms with E-state index in [9.17, 15) is 0 Å². The van der Waals surface area contributed by atoms with Crippen molar-refractivity contribution >= 4 is 16.9 Å². The first kappa shape index (κ1) is 12.3. The van der Waals surface area contributed by atoms with Crippen molar-refractivity contribution in [1.29, 1.82) is 0 Å². The molecule has 21 heavy (non-hydrogen) atoms. The third-order valence-electron chi connectivity index (χ3n) is 4.07. The van der Waals surface area contributed by atoms with Gasteiger partial charge in [-0.05, 0) is 25.0 Å². The van der Waals surface area contributed by atoms with Gasteiger partial charge in [-0.15, -0.1) is 0 Å². The van der Waals surface area contributed by atoms with Gasteiger partial charge in [0.05, 0.1) is 11.9 Å². The van der Waals surface area contributed by atoms with Gasteiger partial charge in [0, 0.05) is 35.6 Å². The Morgan fingerprint density at radius 1 is 1.19 bits per heavy atom. The summed E-state index contributed by atoms with van der Waals surface area (Å²) in [6, 6.07) is 4.66. The van der Waals surface area contributed by atoms with Crippen LogP contribution in [-0.4, -0.2) is 26.0 Å². The molecule has 0 spiro atoms. The highest BCUT2D eigenvalue weighted by molar-refractivity contribution is 5.93. The summed E-state index contributed by atoms with van der Waals surface area (Å²) in [5.74, 6) is 0.914. The van der Waals surface area contributed by atoms with E-state index in [1.807, 2.05) is 12.3 Å². The van der Waals surface area contributed by atoms with Crippen LogP contribution in [0.1, 0.15) is 25.7 Å². The van der Waals surface area contributed by atoms with Crippen LogP contribution < -0.4 is 5.32 Å². The van der Waals surface area contributed by atoms with Gasteiger partial charge in [-0.25, -0.2) is 4.98 Å². The number of pyridine rings is 1. The maximum absolute atomic E-state index is 4.67. The molecule has 0 amide bonds. The molecule has 106 valence electrons. The molecule has 3 aromatic heterocycles. The number of aromatic amines is 1. The van der Waals surface area contributed by atoms with E-state index in [2.05, 4.69) is 31.3 Å². The van der Waals surface area contributed by atoms with Crippen LogP contribution in [0.2, 0.25) is 0 Å². The van der Waals surface area contributed by atoms with Gasteiger partial charge >= 0.3 is 0 Å². The summed E-state index contributed by atoms with van der Waals surface area (Å²) >= 11 is 0. The molecule has 0 bridgehead atoms. The second-order valence-corrected chi connectivity index (χ2v) is 5.51. The Bertz CT molecular complexity index is 744. The molecule has 0 saturated heterocycles. The van der Waals surface area contributed by atoms with Crippen LogP contribution in [0.5, 0.6) is 0 Å². The van der Waals surface area contributed by atoms with Gasteiger partial charge in [-0.3, -0.25) is 9.97 Å². The summed E-state index contributed by atoms with van der Waals surface area (Å²) in [5.41, 5.74) is 2.83. The molecule has 5 heteroatoms. The van der Waals surface area contributed by atoms with Crippen LogP contribution in [0.4, 0.5) is 5.82 Å². The molecular formula is C16H17N5. The van der Waals surface area contributed by atoms with Crippen molar-refractivity contribution < 1.29 is 0 Å². The molecule has 5 nitrogen and oxygen atoms in total. The van der Waals surface area contributed by atoms with Crippen molar-refractivity contribution in [2.24, 2.45) is 0 Å². The quantitative estimate of drug-likeness (QED) is 0.771. The van der Waals surface area contributed by atoms with Crippen LogP contribution in [0, 0.1) is 0 Å². The first-order valence-electron chi connectivity index (χ1n) is 7.41. The van der Waals surface area contributed by atoms with Gasteiger partial charge in [0.25, 0.3) is 0 Å². The minimum absolute atomic E-state index is 0.541. The lowest BCUT2D eigenvalue weighted by atomic mass is 10.1. The summed E-state index contributed by atoms with van der Waals surface area (Å²) in [6.07, 6.45) is 12.2. The van der Waals surface area contributed by atoms with Crippen molar-refractivity contribution in [1.82, 2.24) is 19.9 Å². The highest BCUT2D eigenvalue weighted by Gasteiger charge is 2.16. The Morgan fingerprint density at radius 2 is 2.10 bits per heavy atom. The number of nitrogens with zero attached hydrogens (tertiary/aromatic N) is 3. The summed E-state index contributed by atoms with van der Waals surface area (Å²) in [6.45, 7) is 0. The van der Waals surface area contributed by atoms with Crippen molar-refractivity contribution in [2.75, 3.05) is 5.32 Å². The number of aromatic nitrogens is 4. The molecule has 0 atom stereocenters. The molecule has 3 heterocycles. The Morgan fingerprint density at radius 3 is 2.90 bits per heavy atom. The molecule has 1 aliphatic rings. The fourth-order valence-corrected chi connectivity index (χ4v) is 3.04. The average molecular weight is 279 g/mol. The Kier molecular flexibility index (Phi) is 3.03. The fourth-order valence-electron chi connectivity index (χ4n) is 3.04. The highest BCUT2D eigenvalue weighted by atomic mass is 15.0. The van der Waals surface area contributed by atoms with E-state index < -0.39 is 0 Å². The SMILES string of the molecule is c1cnc(-c2cc(NC3CCCC3)nc3[nH]ccc23)cn1. The minimum atomic E-state index is 0.541. The molecular weight excluding hydrogens is 262 g/mol. The standard InChI is InChI=1S/C16H17N5/c1-2-4-11(3-1)20-15-9-13(14-10-17-7-8-18-14)12-5-6-19-16(12)21-15/h5-11H,1-4H2,(H2,19,20,21). The molecule has 4 rings (SSSR count). The third-order valence-corrected chi connectivity index (χ3v) is 4.07. The average Bonchev–Trinajstić information content (AvgIpc) is 3.18. The van der Waals surface area contributed by atoms with E-state index in [4.69, 9.17) is 0 Å². The van der Waals surface area contributed by atoms with Crippen LogP contribution in [0.15, 0.2) is 36.9 Å². The van der Waals surface area contributed by atoms with Crippen molar-refractivity contribution in [2.45, 2.75) is 31.7 Å². The zero-order chi connectivity index (χ0) is 14.1. The maximum Gasteiger partial charge on any atom is 0.140 e. The van der Waals surface area contributed by atoms with E-state index in [0.717, 1.165) is 28.1 Å². The van der Waals surface area contributed by atoms with Crippen LogP contribution in [0.25, 0.3) is 22.3 Å². The highest BCUT2D eigenvalue weighted by Crippen LogP contribution is 2.29. The number of hydrogen-bond donors (Lipinski definition) is 2. The number of H-pyrrole nitrogens is 1. The van der Waals surface area contributed by atoms with Gasteiger partial charge in [0.15, 0.2) is 0 Å². The first-order chi connectivity index (χ1) is 10.4. The van der Waals surface area contributed by atoms with Gasteiger partial charge < -0.3 is 10.3 Å². The molecule has 3 aromatic rings. The monoisotopic (exact) mass is 279 g/mol. The van der Waals surface area contributed by atoms with Gasteiger partial charge in [0.2, 0.25) is 0 Å². The van der Waals surface area contributed by atoms with Crippen LogP contribution in [-0.2, 0) is 0 Å². The normalized spacial score (nSPS) is 15.6. The third kappa shape index (κ3) is 2.35. The number of nitrogens with one attached hydrogen (secondary N) is 2.